The van der Waals surface area contributed by atoms with Gasteiger partial charge in [0.1, 0.15) is 11.6 Å². The quantitative estimate of drug-likeness (QED) is 0.664. The smallest absolute Gasteiger partial charge is 0.169 e. The maximum Gasteiger partial charge on any atom is 0.169 e. The Bertz CT molecular complexity index is 401. The maximum absolute atomic E-state index is 9.05. The molecule has 0 spiro atoms. The van der Waals surface area contributed by atoms with Crippen LogP contribution in [0.5, 0.6) is 0 Å². The van der Waals surface area contributed by atoms with Gasteiger partial charge in [0.05, 0.1) is 5.69 Å². The highest BCUT2D eigenvalue weighted by atomic mass is 15.3. The molecule has 0 N–H and O–H groups in total. The summed E-state index contributed by atoms with van der Waals surface area (Å²) in [6.07, 6.45) is 1.18. The predicted octanol–water partition coefficient (Wildman–Crippen LogP) is 1.18. The van der Waals surface area contributed by atoms with Crippen LogP contribution in [0.25, 0.3) is 0 Å². The third-order valence-electron chi connectivity index (χ3n) is 2.70. The topological polar surface area (TPSA) is 52.8 Å². The number of nitrogens with zero attached hydrogens (tertiary/aromatic N) is 4. The van der Waals surface area contributed by atoms with Crippen molar-refractivity contribution in [2.75, 3.05) is 18.0 Å². The van der Waals surface area contributed by atoms with Gasteiger partial charge in [-0.3, -0.25) is 0 Å². The molecule has 1 aliphatic heterocycles. The molecule has 2 rings (SSSR count). The standard InChI is InChI=1S/C10H12N4/c1-7-8(2)12-13-10(9(7)6-11)14-4-3-5-14/h3-5H2,1-2H3. The number of rotatable bonds is 1. The van der Waals surface area contributed by atoms with Gasteiger partial charge < -0.3 is 4.90 Å². The van der Waals surface area contributed by atoms with Gasteiger partial charge >= 0.3 is 0 Å². The lowest BCUT2D eigenvalue weighted by Gasteiger charge is -2.32. The summed E-state index contributed by atoms with van der Waals surface area (Å²) in [5.74, 6) is 0.752. The average Bonchev–Trinajstić information content (AvgIpc) is 2.09. The van der Waals surface area contributed by atoms with Gasteiger partial charge in [-0.1, -0.05) is 0 Å². The Balaban J connectivity index is 2.50. The van der Waals surface area contributed by atoms with E-state index in [1.165, 1.54) is 6.42 Å². The van der Waals surface area contributed by atoms with Crippen molar-refractivity contribution in [3.05, 3.63) is 16.8 Å². The number of hydrogen-bond acceptors (Lipinski definition) is 4. The first-order valence-electron chi connectivity index (χ1n) is 4.73. The molecule has 0 atom stereocenters. The summed E-state index contributed by atoms with van der Waals surface area (Å²) in [6.45, 7) is 5.78. The molecule has 0 aromatic carbocycles. The minimum Gasteiger partial charge on any atom is -0.354 e. The summed E-state index contributed by atoms with van der Waals surface area (Å²) < 4.78 is 0. The van der Waals surface area contributed by atoms with Crippen molar-refractivity contribution in [2.24, 2.45) is 0 Å². The molecule has 0 amide bonds. The molecule has 0 bridgehead atoms. The second kappa shape index (κ2) is 3.26. The number of aromatic nitrogens is 2. The predicted molar refractivity (Wildman–Crippen MR) is 53.1 cm³/mol. The normalized spacial score (nSPS) is 14.8. The third kappa shape index (κ3) is 1.22. The van der Waals surface area contributed by atoms with E-state index < -0.39 is 0 Å². The van der Waals surface area contributed by atoms with E-state index in [4.69, 9.17) is 5.26 Å². The molecule has 0 unspecified atom stereocenters. The SMILES string of the molecule is Cc1nnc(N2CCC2)c(C#N)c1C. The van der Waals surface area contributed by atoms with E-state index in [1.807, 2.05) is 13.8 Å². The highest BCUT2D eigenvalue weighted by Gasteiger charge is 2.21. The fraction of sp³-hybridized carbons (Fsp3) is 0.500. The number of aryl methyl sites for hydroxylation is 1. The summed E-state index contributed by atoms with van der Waals surface area (Å²) in [4.78, 5) is 2.10. The van der Waals surface area contributed by atoms with Crippen molar-refractivity contribution in [3.63, 3.8) is 0 Å². The van der Waals surface area contributed by atoms with Crippen LogP contribution in [-0.2, 0) is 0 Å². The van der Waals surface area contributed by atoms with Crippen LogP contribution in [0.4, 0.5) is 5.82 Å². The molecule has 72 valence electrons. The molecular weight excluding hydrogens is 176 g/mol. The molecule has 0 saturated carbocycles. The lowest BCUT2D eigenvalue weighted by atomic mass is 10.1. The molecule has 4 heteroatoms. The maximum atomic E-state index is 9.05. The van der Waals surface area contributed by atoms with Gasteiger partial charge in [-0.2, -0.15) is 10.4 Å². The molecule has 1 fully saturated rings. The Morgan fingerprint density at radius 2 is 2.00 bits per heavy atom. The first-order chi connectivity index (χ1) is 6.74. The van der Waals surface area contributed by atoms with Gasteiger partial charge in [0.2, 0.25) is 0 Å². The summed E-state index contributed by atoms with van der Waals surface area (Å²) in [5.41, 5.74) is 2.47. The summed E-state index contributed by atoms with van der Waals surface area (Å²) in [7, 11) is 0. The van der Waals surface area contributed by atoms with Crippen LogP contribution in [0.1, 0.15) is 23.2 Å². The van der Waals surface area contributed by atoms with E-state index in [1.54, 1.807) is 0 Å². The molecule has 0 aliphatic carbocycles. The first-order valence-corrected chi connectivity index (χ1v) is 4.73. The van der Waals surface area contributed by atoms with Gasteiger partial charge in [0.15, 0.2) is 5.82 Å². The Hall–Kier alpha value is -1.63. The molecule has 0 radical (unpaired) electrons. The summed E-state index contributed by atoms with van der Waals surface area (Å²) in [5, 5.41) is 17.2. The molecule has 1 aromatic heterocycles. The van der Waals surface area contributed by atoms with E-state index in [0.29, 0.717) is 5.56 Å². The van der Waals surface area contributed by atoms with Gasteiger partial charge in [0, 0.05) is 13.1 Å². The zero-order valence-corrected chi connectivity index (χ0v) is 8.41. The van der Waals surface area contributed by atoms with Crippen LogP contribution in [0.2, 0.25) is 0 Å². The second-order valence-electron chi connectivity index (χ2n) is 3.56. The van der Waals surface area contributed by atoms with Gasteiger partial charge in [0.25, 0.3) is 0 Å². The van der Waals surface area contributed by atoms with E-state index in [0.717, 1.165) is 30.2 Å². The molecule has 2 heterocycles. The summed E-state index contributed by atoms with van der Waals surface area (Å²) >= 11 is 0. The number of hydrogen-bond donors (Lipinski definition) is 0. The Labute approximate surface area is 83.2 Å². The highest BCUT2D eigenvalue weighted by molar-refractivity contribution is 5.58. The van der Waals surface area contributed by atoms with E-state index in [-0.39, 0.29) is 0 Å². The average molecular weight is 188 g/mol. The molecule has 1 saturated heterocycles. The summed E-state index contributed by atoms with van der Waals surface area (Å²) in [6, 6.07) is 2.21. The fourth-order valence-electron chi connectivity index (χ4n) is 1.48. The van der Waals surface area contributed by atoms with Crippen molar-refractivity contribution >= 4 is 5.82 Å². The van der Waals surface area contributed by atoms with Crippen LogP contribution in [-0.4, -0.2) is 23.3 Å². The Kier molecular flexibility index (Phi) is 2.08. The molecule has 4 nitrogen and oxygen atoms in total. The lowest BCUT2D eigenvalue weighted by Crippen LogP contribution is -2.38. The van der Waals surface area contributed by atoms with Gasteiger partial charge in [-0.05, 0) is 25.8 Å². The fourth-order valence-corrected chi connectivity index (χ4v) is 1.48. The Morgan fingerprint density at radius 3 is 2.50 bits per heavy atom. The Morgan fingerprint density at radius 1 is 1.29 bits per heavy atom. The lowest BCUT2D eigenvalue weighted by molar-refractivity contribution is 0.603. The van der Waals surface area contributed by atoms with Crippen molar-refractivity contribution < 1.29 is 0 Å². The van der Waals surface area contributed by atoms with Crippen molar-refractivity contribution in [2.45, 2.75) is 20.3 Å². The van der Waals surface area contributed by atoms with E-state index in [9.17, 15) is 0 Å². The van der Waals surface area contributed by atoms with Crippen LogP contribution >= 0.6 is 0 Å². The third-order valence-corrected chi connectivity index (χ3v) is 2.70. The van der Waals surface area contributed by atoms with Crippen molar-refractivity contribution in [3.8, 4) is 6.07 Å². The van der Waals surface area contributed by atoms with Gasteiger partial charge in [-0.25, -0.2) is 0 Å². The van der Waals surface area contributed by atoms with E-state index >= 15 is 0 Å². The monoisotopic (exact) mass is 188 g/mol. The van der Waals surface area contributed by atoms with Crippen LogP contribution in [0.15, 0.2) is 0 Å². The minimum absolute atomic E-state index is 0.678. The van der Waals surface area contributed by atoms with Crippen molar-refractivity contribution in [1.29, 1.82) is 5.26 Å². The first kappa shape index (κ1) is 8.95. The minimum atomic E-state index is 0.678. The van der Waals surface area contributed by atoms with Gasteiger partial charge in [-0.15, -0.1) is 5.10 Å². The second-order valence-corrected chi connectivity index (χ2v) is 3.56. The number of nitriles is 1. The molecule has 1 aromatic rings. The van der Waals surface area contributed by atoms with E-state index in [2.05, 4.69) is 21.2 Å². The zero-order valence-electron chi connectivity index (χ0n) is 8.41. The van der Waals surface area contributed by atoms with Crippen molar-refractivity contribution in [1.82, 2.24) is 10.2 Å². The zero-order chi connectivity index (χ0) is 10.1. The highest BCUT2D eigenvalue weighted by Crippen LogP contribution is 2.24. The molecule has 1 aliphatic rings. The van der Waals surface area contributed by atoms with Crippen LogP contribution < -0.4 is 4.90 Å². The molecular formula is C10H12N4. The largest absolute Gasteiger partial charge is 0.354 e. The van der Waals surface area contributed by atoms with Crippen LogP contribution in [0.3, 0.4) is 0 Å². The molecule has 14 heavy (non-hydrogen) atoms. The van der Waals surface area contributed by atoms with Crippen LogP contribution in [0, 0.1) is 25.2 Å². The number of anilines is 1.